The van der Waals surface area contributed by atoms with E-state index in [1.54, 1.807) is 18.2 Å². The minimum absolute atomic E-state index is 0.197. The van der Waals surface area contributed by atoms with Gasteiger partial charge in [-0.3, -0.25) is 4.72 Å². The van der Waals surface area contributed by atoms with Crippen LogP contribution in [0.4, 0.5) is 5.69 Å². The summed E-state index contributed by atoms with van der Waals surface area (Å²) in [7, 11) is -3.68. The molecule has 2 aromatic rings. The van der Waals surface area contributed by atoms with Crippen molar-refractivity contribution in [2.24, 2.45) is 5.73 Å². The van der Waals surface area contributed by atoms with Crippen LogP contribution in [0.3, 0.4) is 0 Å². The summed E-state index contributed by atoms with van der Waals surface area (Å²) in [5, 5.41) is 0. The molecule has 0 aliphatic rings. The maximum atomic E-state index is 12.6. The largest absolute Gasteiger partial charge is 0.326 e. The number of benzene rings is 2. The van der Waals surface area contributed by atoms with E-state index in [1.807, 2.05) is 25.1 Å². The Kier molecular flexibility index (Phi) is 5.29. The van der Waals surface area contributed by atoms with Gasteiger partial charge in [0.05, 0.1) is 5.69 Å². The summed E-state index contributed by atoms with van der Waals surface area (Å²) < 4.78 is 29.2. The number of sulfonamides is 1. The summed E-state index contributed by atoms with van der Waals surface area (Å²) in [6.07, 6.45) is 0. The third-order valence-electron chi connectivity index (χ3n) is 2.92. The van der Waals surface area contributed by atoms with Gasteiger partial charge in [0.2, 0.25) is 0 Å². The van der Waals surface area contributed by atoms with Gasteiger partial charge in [-0.25, -0.2) is 8.42 Å². The first-order chi connectivity index (χ1) is 9.85. The Morgan fingerprint density at radius 2 is 1.95 bits per heavy atom. The third kappa shape index (κ3) is 3.77. The minimum atomic E-state index is -3.68. The molecule has 3 N–H and O–H groups in total. The molecular weight excluding hydrogens is 467 g/mol. The number of rotatable bonds is 4. The van der Waals surface area contributed by atoms with Crippen molar-refractivity contribution < 1.29 is 8.42 Å². The van der Waals surface area contributed by atoms with E-state index < -0.39 is 10.0 Å². The highest BCUT2D eigenvalue weighted by molar-refractivity contribution is 14.1. The van der Waals surface area contributed by atoms with Crippen molar-refractivity contribution in [1.29, 1.82) is 0 Å². The molecule has 4 nitrogen and oxygen atoms in total. The van der Waals surface area contributed by atoms with Gasteiger partial charge in [0.1, 0.15) is 4.90 Å². The summed E-state index contributed by atoms with van der Waals surface area (Å²) in [6.45, 7) is 2.13. The summed E-state index contributed by atoms with van der Waals surface area (Å²) >= 11 is 5.44. The Morgan fingerprint density at radius 1 is 1.29 bits per heavy atom. The number of para-hydroxylation sites is 1. The molecule has 2 aromatic carbocycles. The van der Waals surface area contributed by atoms with Gasteiger partial charge in [0.15, 0.2) is 0 Å². The summed E-state index contributed by atoms with van der Waals surface area (Å²) in [4.78, 5) is 0.197. The van der Waals surface area contributed by atoms with E-state index in [4.69, 9.17) is 5.73 Å². The van der Waals surface area contributed by atoms with Crippen LogP contribution in [0.25, 0.3) is 0 Å². The molecular formula is C14H14BrIN2O2S. The Labute approximate surface area is 146 Å². The number of hydrogen-bond acceptors (Lipinski definition) is 3. The van der Waals surface area contributed by atoms with Gasteiger partial charge in [0.25, 0.3) is 10.0 Å². The van der Waals surface area contributed by atoms with Gasteiger partial charge >= 0.3 is 0 Å². The van der Waals surface area contributed by atoms with Crippen LogP contribution in [-0.4, -0.2) is 8.42 Å². The van der Waals surface area contributed by atoms with Gasteiger partial charge in [-0.05, 0) is 74.8 Å². The molecule has 0 bridgehead atoms. The topological polar surface area (TPSA) is 72.2 Å². The van der Waals surface area contributed by atoms with Gasteiger partial charge in [0, 0.05) is 14.6 Å². The molecule has 0 saturated carbocycles. The second-order valence-corrected chi connectivity index (χ2v) is 8.12. The molecule has 0 radical (unpaired) electrons. The zero-order chi connectivity index (χ0) is 15.6. The minimum Gasteiger partial charge on any atom is -0.326 e. The lowest BCUT2D eigenvalue weighted by molar-refractivity contribution is 0.600. The summed E-state index contributed by atoms with van der Waals surface area (Å²) in [6, 6.07) is 10.7. The van der Waals surface area contributed by atoms with Crippen molar-refractivity contribution in [2.75, 3.05) is 4.72 Å². The number of nitrogens with one attached hydrogen (secondary N) is 1. The highest BCUT2D eigenvalue weighted by Gasteiger charge is 2.20. The highest BCUT2D eigenvalue weighted by Crippen LogP contribution is 2.29. The van der Waals surface area contributed by atoms with E-state index in [0.717, 1.165) is 14.7 Å². The fraction of sp³-hybridized carbons (Fsp3) is 0.143. The Balaban J connectivity index is 2.50. The molecule has 0 atom stereocenters. The molecule has 0 aliphatic carbocycles. The van der Waals surface area contributed by atoms with E-state index in [0.29, 0.717) is 16.7 Å². The number of hydrogen-bond donors (Lipinski definition) is 2. The van der Waals surface area contributed by atoms with E-state index in [-0.39, 0.29) is 4.90 Å². The maximum absolute atomic E-state index is 12.6. The lowest BCUT2D eigenvalue weighted by Crippen LogP contribution is -2.15. The van der Waals surface area contributed by atoms with Crippen LogP contribution < -0.4 is 10.5 Å². The van der Waals surface area contributed by atoms with E-state index in [1.165, 1.54) is 0 Å². The molecule has 0 spiro atoms. The van der Waals surface area contributed by atoms with Crippen LogP contribution in [0.1, 0.15) is 11.1 Å². The van der Waals surface area contributed by atoms with Crippen molar-refractivity contribution in [3.8, 4) is 0 Å². The molecule has 0 aliphatic heterocycles. The summed E-state index contributed by atoms with van der Waals surface area (Å²) in [5.74, 6) is 0. The molecule has 0 unspecified atom stereocenters. The number of aryl methyl sites for hydroxylation is 1. The molecule has 0 amide bonds. The molecule has 0 fully saturated rings. The summed E-state index contributed by atoms with van der Waals surface area (Å²) in [5.41, 5.74) is 7.79. The predicted molar refractivity (Wildman–Crippen MR) is 96.7 cm³/mol. The Morgan fingerprint density at radius 3 is 2.57 bits per heavy atom. The molecule has 0 saturated heterocycles. The van der Waals surface area contributed by atoms with Gasteiger partial charge in [-0.1, -0.05) is 18.2 Å². The fourth-order valence-electron chi connectivity index (χ4n) is 1.87. The van der Waals surface area contributed by atoms with Crippen LogP contribution in [-0.2, 0) is 16.6 Å². The number of anilines is 1. The molecule has 2 rings (SSSR count). The first-order valence-corrected chi connectivity index (χ1v) is 9.47. The second kappa shape index (κ2) is 6.64. The normalized spacial score (nSPS) is 11.4. The lowest BCUT2D eigenvalue weighted by atomic mass is 10.1. The fourth-order valence-corrected chi connectivity index (χ4v) is 4.72. The van der Waals surface area contributed by atoms with Gasteiger partial charge in [-0.2, -0.15) is 0 Å². The molecule has 0 aromatic heterocycles. The van der Waals surface area contributed by atoms with Crippen molar-refractivity contribution in [2.45, 2.75) is 18.4 Å². The molecule has 112 valence electrons. The lowest BCUT2D eigenvalue weighted by Gasteiger charge is -2.13. The zero-order valence-corrected chi connectivity index (χ0v) is 15.8. The van der Waals surface area contributed by atoms with E-state index in [2.05, 4.69) is 43.2 Å². The average molecular weight is 481 g/mol. The second-order valence-electron chi connectivity index (χ2n) is 4.51. The van der Waals surface area contributed by atoms with Gasteiger partial charge < -0.3 is 5.73 Å². The monoisotopic (exact) mass is 480 g/mol. The van der Waals surface area contributed by atoms with Crippen LogP contribution in [0, 0.1) is 10.5 Å². The van der Waals surface area contributed by atoms with Crippen molar-refractivity contribution in [1.82, 2.24) is 0 Å². The molecule has 0 heterocycles. The van der Waals surface area contributed by atoms with Crippen LogP contribution >= 0.6 is 38.5 Å². The van der Waals surface area contributed by atoms with Gasteiger partial charge in [-0.15, -0.1) is 0 Å². The highest BCUT2D eigenvalue weighted by atomic mass is 127. The quantitative estimate of drug-likeness (QED) is 0.656. The predicted octanol–water partition coefficient (Wildman–Crippen LogP) is 3.62. The van der Waals surface area contributed by atoms with E-state index >= 15 is 0 Å². The van der Waals surface area contributed by atoms with Crippen LogP contribution in [0.2, 0.25) is 0 Å². The first-order valence-electron chi connectivity index (χ1n) is 6.11. The smallest absolute Gasteiger partial charge is 0.263 e. The number of halogens is 2. The Hall–Kier alpha value is -0.640. The first kappa shape index (κ1) is 16.7. The maximum Gasteiger partial charge on any atom is 0.263 e. The molecule has 21 heavy (non-hydrogen) atoms. The van der Waals surface area contributed by atoms with Crippen molar-refractivity contribution >= 4 is 54.2 Å². The zero-order valence-electron chi connectivity index (χ0n) is 11.2. The van der Waals surface area contributed by atoms with Crippen molar-refractivity contribution in [3.05, 3.63) is 55.6 Å². The number of nitrogens with two attached hydrogens (primary N) is 1. The average Bonchev–Trinajstić information content (AvgIpc) is 2.43. The van der Waals surface area contributed by atoms with Crippen LogP contribution in [0.5, 0.6) is 0 Å². The van der Waals surface area contributed by atoms with Crippen LogP contribution in [0.15, 0.2) is 45.8 Å². The Bertz CT molecular complexity index is 779. The van der Waals surface area contributed by atoms with E-state index in [9.17, 15) is 8.42 Å². The third-order valence-corrected chi connectivity index (χ3v) is 6.57. The standard InChI is InChI=1S/C14H14BrIN2O2S/c1-9-6-10(8-17)7-13(14(9)15)21(19,20)18-12-5-3-2-4-11(12)16/h2-7,18H,8,17H2,1H3. The SMILES string of the molecule is Cc1cc(CN)cc(S(=O)(=O)Nc2ccccc2I)c1Br. The molecule has 7 heteroatoms. The van der Waals surface area contributed by atoms with Crippen molar-refractivity contribution in [3.63, 3.8) is 0 Å².